The van der Waals surface area contributed by atoms with Crippen molar-refractivity contribution in [3.8, 4) is 0 Å². The largest absolute Gasteiger partial charge is 0.368 e. The fourth-order valence-electron chi connectivity index (χ4n) is 1.86. The fraction of sp³-hybridized carbons (Fsp3) is 0.923. The Morgan fingerprint density at radius 2 is 2.06 bits per heavy atom. The molecule has 0 fully saturated rings. The summed E-state index contributed by atoms with van der Waals surface area (Å²) < 4.78 is 0. The number of amides is 1. The van der Waals surface area contributed by atoms with Crippen molar-refractivity contribution in [2.45, 2.75) is 46.1 Å². The highest BCUT2D eigenvalue weighted by Crippen LogP contribution is 2.11. The molecular formula is C13H29N3O. The van der Waals surface area contributed by atoms with Gasteiger partial charge in [0.25, 0.3) is 0 Å². The SMILES string of the molecule is CCNC(C)(CCN(C)CC(C)CC)C(N)=O. The van der Waals surface area contributed by atoms with Crippen LogP contribution >= 0.6 is 0 Å². The van der Waals surface area contributed by atoms with E-state index in [1.54, 1.807) is 0 Å². The molecule has 0 aromatic rings. The molecule has 0 aliphatic carbocycles. The van der Waals surface area contributed by atoms with Crippen LogP contribution in [0, 0.1) is 5.92 Å². The number of rotatable bonds is 9. The van der Waals surface area contributed by atoms with Crippen LogP contribution in [0.15, 0.2) is 0 Å². The maximum Gasteiger partial charge on any atom is 0.237 e. The Kier molecular flexibility index (Phi) is 7.39. The second-order valence-corrected chi connectivity index (χ2v) is 5.25. The van der Waals surface area contributed by atoms with E-state index in [-0.39, 0.29) is 5.91 Å². The number of nitrogens with two attached hydrogens (primary N) is 1. The van der Waals surface area contributed by atoms with Crippen molar-refractivity contribution in [1.29, 1.82) is 0 Å². The number of primary amides is 1. The van der Waals surface area contributed by atoms with Crippen molar-refractivity contribution in [2.24, 2.45) is 11.7 Å². The molecule has 0 aliphatic heterocycles. The van der Waals surface area contributed by atoms with E-state index < -0.39 is 5.54 Å². The summed E-state index contributed by atoms with van der Waals surface area (Å²) in [4.78, 5) is 13.7. The van der Waals surface area contributed by atoms with E-state index in [0.717, 1.165) is 26.1 Å². The quantitative estimate of drug-likeness (QED) is 0.640. The first-order chi connectivity index (χ1) is 7.85. The van der Waals surface area contributed by atoms with Crippen molar-refractivity contribution >= 4 is 5.91 Å². The van der Waals surface area contributed by atoms with Crippen molar-refractivity contribution in [2.75, 3.05) is 26.7 Å². The molecule has 0 rings (SSSR count). The van der Waals surface area contributed by atoms with Crippen LogP contribution in [-0.4, -0.2) is 43.0 Å². The van der Waals surface area contributed by atoms with Gasteiger partial charge in [0.15, 0.2) is 0 Å². The normalized spacial score (nSPS) is 16.8. The molecule has 4 heteroatoms. The van der Waals surface area contributed by atoms with Crippen LogP contribution in [-0.2, 0) is 4.79 Å². The average Bonchev–Trinajstić information content (AvgIpc) is 2.26. The third kappa shape index (κ3) is 6.03. The van der Waals surface area contributed by atoms with Crippen LogP contribution in [0.5, 0.6) is 0 Å². The molecule has 102 valence electrons. The molecule has 0 radical (unpaired) electrons. The topological polar surface area (TPSA) is 58.4 Å². The van der Waals surface area contributed by atoms with E-state index in [2.05, 4.69) is 31.1 Å². The van der Waals surface area contributed by atoms with Crippen LogP contribution < -0.4 is 11.1 Å². The van der Waals surface area contributed by atoms with Crippen LogP contribution in [0.1, 0.15) is 40.5 Å². The fourth-order valence-corrected chi connectivity index (χ4v) is 1.86. The number of hydrogen-bond donors (Lipinski definition) is 2. The first-order valence-electron chi connectivity index (χ1n) is 6.59. The highest BCUT2D eigenvalue weighted by atomic mass is 16.1. The van der Waals surface area contributed by atoms with Gasteiger partial charge in [-0.25, -0.2) is 0 Å². The van der Waals surface area contributed by atoms with Gasteiger partial charge >= 0.3 is 0 Å². The van der Waals surface area contributed by atoms with Gasteiger partial charge in [-0.05, 0) is 32.9 Å². The Morgan fingerprint density at radius 1 is 1.47 bits per heavy atom. The third-order valence-corrected chi connectivity index (χ3v) is 3.42. The minimum absolute atomic E-state index is 0.267. The smallest absolute Gasteiger partial charge is 0.237 e. The van der Waals surface area contributed by atoms with Gasteiger partial charge < -0.3 is 16.0 Å². The predicted molar refractivity (Wildman–Crippen MR) is 72.8 cm³/mol. The van der Waals surface area contributed by atoms with Crippen molar-refractivity contribution < 1.29 is 4.79 Å². The van der Waals surface area contributed by atoms with Crippen molar-refractivity contribution in [3.05, 3.63) is 0 Å². The van der Waals surface area contributed by atoms with Gasteiger partial charge in [0.2, 0.25) is 5.91 Å². The first-order valence-corrected chi connectivity index (χ1v) is 6.59. The molecule has 0 saturated heterocycles. The minimum atomic E-state index is -0.585. The first kappa shape index (κ1) is 16.4. The molecule has 0 heterocycles. The second kappa shape index (κ2) is 7.67. The molecule has 17 heavy (non-hydrogen) atoms. The van der Waals surface area contributed by atoms with Crippen molar-refractivity contribution in [1.82, 2.24) is 10.2 Å². The zero-order chi connectivity index (χ0) is 13.5. The highest BCUT2D eigenvalue weighted by Gasteiger charge is 2.29. The van der Waals surface area contributed by atoms with Gasteiger partial charge in [-0.1, -0.05) is 27.2 Å². The number of nitrogens with zero attached hydrogens (tertiary/aromatic N) is 1. The van der Waals surface area contributed by atoms with Gasteiger partial charge in [0.05, 0.1) is 5.54 Å². The van der Waals surface area contributed by atoms with E-state index in [1.807, 2.05) is 13.8 Å². The van der Waals surface area contributed by atoms with Gasteiger partial charge in [0, 0.05) is 13.1 Å². The maximum absolute atomic E-state index is 11.4. The summed E-state index contributed by atoms with van der Waals surface area (Å²) >= 11 is 0. The van der Waals surface area contributed by atoms with E-state index in [4.69, 9.17) is 5.73 Å². The lowest BCUT2D eigenvalue weighted by atomic mass is 9.96. The number of hydrogen-bond acceptors (Lipinski definition) is 3. The molecule has 0 aliphatic rings. The molecule has 2 unspecified atom stereocenters. The number of likely N-dealkylation sites (N-methyl/N-ethyl adjacent to an activating group) is 1. The van der Waals surface area contributed by atoms with Crippen LogP contribution in [0.25, 0.3) is 0 Å². The zero-order valence-corrected chi connectivity index (χ0v) is 12.0. The molecule has 2 atom stereocenters. The molecule has 0 bridgehead atoms. The summed E-state index contributed by atoms with van der Waals surface area (Å²) in [5, 5.41) is 3.18. The van der Waals surface area contributed by atoms with Crippen LogP contribution in [0.2, 0.25) is 0 Å². The lowest BCUT2D eigenvalue weighted by Crippen LogP contribution is -2.54. The lowest BCUT2D eigenvalue weighted by Gasteiger charge is -2.30. The molecule has 3 N–H and O–H groups in total. The van der Waals surface area contributed by atoms with Gasteiger partial charge in [-0.2, -0.15) is 0 Å². The summed E-state index contributed by atoms with van der Waals surface area (Å²) in [6.07, 6.45) is 1.94. The molecule has 0 spiro atoms. The van der Waals surface area contributed by atoms with Crippen molar-refractivity contribution in [3.63, 3.8) is 0 Å². The van der Waals surface area contributed by atoms with Gasteiger partial charge in [-0.3, -0.25) is 4.79 Å². The number of nitrogens with one attached hydrogen (secondary N) is 1. The average molecular weight is 243 g/mol. The maximum atomic E-state index is 11.4. The Balaban J connectivity index is 4.17. The third-order valence-electron chi connectivity index (χ3n) is 3.42. The molecule has 1 amide bonds. The highest BCUT2D eigenvalue weighted by molar-refractivity contribution is 5.84. The predicted octanol–water partition coefficient (Wildman–Crippen LogP) is 1.21. The molecule has 4 nitrogen and oxygen atoms in total. The summed E-state index contributed by atoms with van der Waals surface area (Å²) in [5.41, 5.74) is 4.87. The Labute approximate surface area is 106 Å². The Hall–Kier alpha value is -0.610. The summed E-state index contributed by atoms with van der Waals surface area (Å²) in [5.74, 6) is 0.426. The zero-order valence-electron chi connectivity index (χ0n) is 12.0. The second-order valence-electron chi connectivity index (χ2n) is 5.25. The summed E-state index contributed by atoms with van der Waals surface area (Å²) in [7, 11) is 2.10. The van der Waals surface area contributed by atoms with E-state index in [1.165, 1.54) is 6.42 Å². The molecular weight excluding hydrogens is 214 g/mol. The van der Waals surface area contributed by atoms with E-state index in [0.29, 0.717) is 5.92 Å². The number of carbonyl (C=O) groups is 1. The minimum Gasteiger partial charge on any atom is -0.368 e. The monoisotopic (exact) mass is 243 g/mol. The standard InChI is InChI=1S/C13H29N3O/c1-6-11(3)10-16(5)9-8-13(4,12(14)17)15-7-2/h11,15H,6-10H2,1-5H3,(H2,14,17). The summed E-state index contributed by atoms with van der Waals surface area (Å²) in [6, 6.07) is 0. The van der Waals surface area contributed by atoms with E-state index >= 15 is 0 Å². The molecule has 0 aromatic heterocycles. The van der Waals surface area contributed by atoms with Gasteiger partial charge in [0.1, 0.15) is 0 Å². The lowest BCUT2D eigenvalue weighted by molar-refractivity contribution is -0.124. The van der Waals surface area contributed by atoms with Crippen LogP contribution in [0.4, 0.5) is 0 Å². The van der Waals surface area contributed by atoms with Crippen LogP contribution in [0.3, 0.4) is 0 Å². The number of carbonyl (C=O) groups excluding carboxylic acids is 1. The molecule has 0 saturated carbocycles. The van der Waals surface area contributed by atoms with E-state index in [9.17, 15) is 4.79 Å². The summed E-state index contributed by atoms with van der Waals surface area (Å²) in [6.45, 7) is 11.0. The van der Waals surface area contributed by atoms with Gasteiger partial charge in [-0.15, -0.1) is 0 Å². The Bertz CT molecular complexity index is 233. The molecule has 0 aromatic carbocycles. The Morgan fingerprint density at radius 3 is 2.47 bits per heavy atom.